The molecule has 1 aromatic heterocycles. The fourth-order valence-electron chi connectivity index (χ4n) is 3.37. The molecule has 2 heterocycles. The standard InChI is InChI=1S/C21H15ClF2N2O2/c22-15-1-2-19-12(5-15)3-4-26(21(19)28)18-8-14(10-25-11-18)20(27)13-6-16(23)9-17(24)7-13/h1-2,5-11,20,27H,3-4H2. The first-order chi connectivity index (χ1) is 13.4. The van der Waals surface area contributed by atoms with Crippen molar-refractivity contribution in [3.63, 3.8) is 0 Å². The summed E-state index contributed by atoms with van der Waals surface area (Å²) in [5.74, 6) is -1.75. The number of carbonyl (C=O) groups is 1. The Morgan fingerprint density at radius 2 is 1.79 bits per heavy atom. The molecule has 7 heteroatoms. The lowest BCUT2D eigenvalue weighted by atomic mass is 9.98. The van der Waals surface area contributed by atoms with Crippen molar-refractivity contribution >= 4 is 23.2 Å². The molecule has 3 aromatic rings. The Hall–Kier alpha value is -2.83. The van der Waals surface area contributed by atoms with Crippen molar-refractivity contribution in [1.29, 1.82) is 0 Å². The number of benzene rings is 2. The predicted octanol–water partition coefficient (Wildman–Crippen LogP) is 4.30. The molecule has 4 rings (SSSR count). The van der Waals surface area contributed by atoms with Gasteiger partial charge in [0.25, 0.3) is 5.91 Å². The summed E-state index contributed by atoms with van der Waals surface area (Å²) in [6.07, 6.45) is 2.27. The number of amides is 1. The SMILES string of the molecule is O=C1c2ccc(Cl)cc2CCN1c1cncc(C(O)c2cc(F)cc(F)c2)c1. The van der Waals surface area contributed by atoms with Crippen LogP contribution < -0.4 is 4.90 Å². The van der Waals surface area contributed by atoms with Crippen LogP contribution in [0, 0.1) is 11.6 Å². The van der Waals surface area contributed by atoms with Crippen molar-refractivity contribution in [2.75, 3.05) is 11.4 Å². The van der Waals surface area contributed by atoms with Crippen LogP contribution in [0.4, 0.5) is 14.5 Å². The van der Waals surface area contributed by atoms with Crippen molar-refractivity contribution in [3.05, 3.63) is 93.8 Å². The summed E-state index contributed by atoms with van der Waals surface area (Å²) in [7, 11) is 0. The molecule has 0 fully saturated rings. The summed E-state index contributed by atoms with van der Waals surface area (Å²) >= 11 is 6.00. The van der Waals surface area contributed by atoms with Gasteiger partial charge in [0.2, 0.25) is 0 Å². The zero-order valence-electron chi connectivity index (χ0n) is 14.6. The topological polar surface area (TPSA) is 53.4 Å². The maximum Gasteiger partial charge on any atom is 0.258 e. The second-order valence-corrected chi connectivity index (χ2v) is 7.03. The summed E-state index contributed by atoms with van der Waals surface area (Å²) < 4.78 is 26.9. The third-order valence-electron chi connectivity index (χ3n) is 4.72. The van der Waals surface area contributed by atoms with Crippen LogP contribution in [0.2, 0.25) is 5.02 Å². The molecule has 1 unspecified atom stereocenters. The Morgan fingerprint density at radius 1 is 1.04 bits per heavy atom. The lowest BCUT2D eigenvalue weighted by molar-refractivity contribution is 0.0980. The molecular formula is C21H15ClF2N2O2. The van der Waals surface area contributed by atoms with Crippen LogP contribution in [-0.2, 0) is 6.42 Å². The van der Waals surface area contributed by atoms with E-state index in [1.54, 1.807) is 29.2 Å². The van der Waals surface area contributed by atoms with Crippen LogP contribution in [0.15, 0.2) is 54.9 Å². The fraction of sp³-hybridized carbons (Fsp3) is 0.143. The van der Waals surface area contributed by atoms with E-state index in [2.05, 4.69) is 4.98 Å². The van der Waals surface area contributed by atoms with Crippen LogP contribution in [0.5, 0.6) is 0 Å². The number of aromatic nitrogens is 1. The Kier molecular flexibility index (Phi) is 4.83. The van der Waals surface area contributed by atoms with E-state index in [4.69, 9.17) is 11.6 Å². The number of nitrogens with zero attached hydrogens (tertiary/aromatic N) is 2. The summed E-state index contributed by atoms with van der Waals surface area (Å²) in [6.45, 7) is 0.433. The molecule has 2 aromatic carbocycles. The fourth-order valence-corrected chi connectivity index (χ4v) is 3.57. The van der Waals surface area contributed by atoms with Gasteiger partial charge in [0.05, 0.1) is 11.9 Å². The number of fused-ring (bicyclic) bond motifs is 1. The lowest BCUT2D eigenvalue weighted by Gasteiger charge is -2.29. The van der Waals surface area contributed by atoms with Gasteiger partial charge in [-0.3, -0.25) is 9.78 Å². The molecule has 1 N–H and O–H groups in total. The first-order valence-corrected chi connectivity index (χ1v) is 8.99. The van der Waals surface area contributed by atoms with Crippen molar-refractivity contribution < 1.29 is 18.7 Å². The van der Waals surface area contributed by atoms with Gasteiger partial charge in [-0.15, -0.1) is 0 Å². The molecule has 0 saturated heterocycles. The van der Waals surface area contributed by atoms with E-state index in [-0.39, 0.29) is 11.5 Å². The smallest absolute Gasteiger partial charge is 0.258 e. The number of aliphatic hydroxyl groups excluding tert-OH is 1. The number of hydrogen-bond donors (Lipinski definition) is 1. The minimum absolute atomic E-state index is 0.0707. The molecular weight excluding hydrogens is 386 g/mol. The van der Waals surface area contributed by atoms with E-state index in [9.17, 15) is 18.7 Å². The molecule has 28 heavy (non-hydrogen) atoms. The van der Waals surface area contributed by atoms with Gasteiger partial charge < -0.3 is 10.0 Å². The second kappa shape index (κ2) is 7.30. The van der Waals surface area contributed by atoms with Gasteiger partial charge in [-0.25, -0.2) is 8.78 Å². The van der Waals surface area contributed by atoms with Crippen LogP contribution in [0.1, 0.15) is 33.2 Å². The van der Waals surface area contributed by atoms with Crippen LogP contribution in [0.25, 0.3) is 0 Å². The number of rotatable bonds is 3. The Balaban J connectivity index is 1.65. The Bertz CT molecular complexity index is 1050. The van der Waals surface area contributed by atoms with E-state index in [1.807, 2.05) is 0 Å². The number of carbonyl (C=O) groups excluding carboxylic acids is 1. The second-order valence-electron chi connectivity index (χ2n) is 6.59. The van der Waals surface area contributed by atoms with Crippen molar-refractivity contribution in [1.82, 2.24) is 4.98 Å². The van der Waals surface area contributed by atoms with Gasteiger partial charge in [-0.2, -0.15) is 0 Å². The maximum absolute atomic E-state index is 13.5. The summed E-state index contributed by atoms with van der Waals surface area (Å²) in [5.41, 5.74) is 2.35. The highest BCUT2D eigenvalue weighted by molar-refractivity contribution is 6.30. The van der Waals surface area contributed by atoms with Gasteiger partial charge in [-0.1, -0.05) is 11.6 Å². The third-order valence-corrected chi connectivity index (χ3v) is 4.96. The molecule has 1 atom stereocenters. The van der Waals surface area contributed by atoms with Crippen LogP contribution in [-0.4, -0.2) is 22.5 Å². The molecule has 1 aliphatic heterocycles. The van der Waals surface area contributed by atoms with Crippen LogP contribution in [0.3, 0.4) is 0 Å². The quantitative estimate of drug-likeness (QED) is 0.713. The normalized spacial score (nSPS) is 14.7. The molecule has 0 bridgehead atoms. The van der Waals surface area contributed by atoms with Crippen molar-refractivity contribution in [3.8, 4) is 0 Å². The molecule has 0 spiro atoms. The van der Waals surface area contributed by atoms with Gasteiger partial charge >= 0.3 is 0 Å². The summed E-state index contributed by atoms with van der Waals surface area (Å²) in [4.78, 5) is 18.5. The average molecular weight is 401 g/mol. The lowest BCUT2D eigenvalue weighted by Crippen LogP contribution is -2.37. The highest BCUT2D eigenvalue weighted by Gasteiger charge is 2.26. The molecule has 0 saturated carbocycles. The minimum atomic E-state index is -1.27. The molecule has 142 valence electrons. The minimum Gasteiger partial charge on any atom is -0.384 e. The first-order valence-electron chi connectivity index (χ1n) is 8.61. The van der Waals surface area contributed by atoms with Crippen molar-refractivity contribution in [2.45, 2.75) is 12.5 Å². The largest absolute Gasteiger partial charge is 0.384 e. The number of anilines is 1. The summed E-state index contributed by atoms with van der Waals surface area (Å²) in [6, 6.07) is 9.59. The molecule has 0 radical (unpaired) electrons. The zero-order valence-corrected chi connectivity index (χ0v) is 15.3. The predicted molar refractivity (Wildman–Crippen MR) is 101 cm³/mol. The first kappa shape index (κ1) is 18.5. The number of halogens is 3. The summed E-state index contributed by atoms with van der Waals surface area (Å²) in [5, 5.41) is 11.1. The monoisotopic (exact) mass is 400 g/mol. The van der Waals surface area contributed by atoms with Crippen LogP contribution >= 0.6 is 11.6 Å². The van der Waals surface area contributed by atoms with Gasteiger partial charge in [-0.05, 0) is 53.9 Å². The van der Waals surface area contributed by atoms with E-state index in [1.165, 1.54) is 12.4 Å². The average Bonchev–Trinajstić information content (AvgIpc) is 2.67. The Labute approximate surface area is 165 Å². The number of pyridine rings is 1. The third kappa shape index (κ3) is 3.48. The molecule has 1 aliphatic rings. The zero-order chi connectivity index (χ0) is 19.8. The van der Waals surface area contributed by atoms with Crippen molar-refractivity contribution in [2.24, 2.45) is 0 Å². The van der Waals surface area contributed by atoms with E-state index in [0.29, 0.717) is 34.8 Å². The molecule has 4 nitrogen and oxygen atoms in total. The van der Waals surface area contributed by atoms with E-state index >= 15 is 0 Å². The highest BCUT2D eigenvalue weighted by atomic mass is 35.5. The molecule has 0 aliphatic carbocycles. The van der Waals surface area contributed by atoms with E-state index in [0.717, 1.165) is 23.8 Å². The van der Waals surface area contributed by atoms with E-state index < -0.39 is 17.7 Å². The maximum atomic E-state index is 13.5. The molecule has 1 amide bonds. The van der Waals surface area contributed by atoms with Gasteiger partial charge in [0.1, 0.15) is 17.7 Å². The number of aliphatic hydroxyl groups is 1. The highest BCUT2D eigenvalue weighted by Crippen LogP contribution is 2.29. The van der Waals surface area contributed by atoms with Gasteiger partial charge in [0.15, 0.2) is 0 Å². The number of hydrogen-bond acceptors (Lipinski definition) is 3. The Morgan fingerprint density at radius 3 is 2.54 bits per heavy atom. The van der Waals surface area contributed by atoms with Gasteiger partial charge in [0, 0.05) is 35.0 Å².